The highest BCUT2D eigenvalue weighted by molar-refractivity contribution is 5.81. The lowest BCUT2D eigenvalue weighted by molar-refractivity contribution is -0.128. The molecule has 1 amide bonds. The van der Waals surface area contributed by atoms with Crippen LogP contribution in [-0.2, 0) is 4.79 Å². The maximum atomic E-state index is 12.8. The first-order valence-corrected chi connectivity index (χ1v) is 6.95. The third-order valence-electron chi connectivity index (χ3n) is 3.99. The van der Waals surface area contributed by atoms with E-state index in [1.165, 1.54) is 4.57 Å². The number of amides is 1. The molecular formula is C15H17N3O3. The monoisotopic (exact) mass is 287 g/mol. The van der Waals surface area contributed by atoms with E-state index >= 15 is 0 Å². The van der Waals surface area contributed by atoms with E-state index in [2.05, 4.69) is 10.3 Å². The Kier molecular flexibility index (Phi) is 3.25. The number of hydrogen-bond acceptors (Lipinski definition) is 4. The number of fused-ring (bicyclic) bond motifs is 1. The Labute approximate surface area is 121 Å². The Morgan fingerprint density at radius 3 is 2.81 bits per heavy atom. The van der Waals surface area contributed by atoms with Gasteiger partial charge < -0.3 is 10.4 Å². The molecule has 1 aliphatic rings. The van der Waals surface area contributed by atoms with Gasteiger partial charge in [0.2, 0.25) is 5.91 Å². The number of aliphatic hydroxyl groups excluding tert-OH is 1. The molecule has 1 aromatic heterocycles. The molecule has 0 bridgehead atoms. The fourth-order valence-electron chi connectivity index (χ4n) is 2.95. The average molecular weight is 287 g/mol. The number of carbonyl (C=O) groups is 1. The molecular weight excluding hydrogens is 270 g/mol. The molecule has 6 nitrogen and oxygen atoms in total. The van der Waals surface area contributed by atoms with Crippen LogP contribution in [0, 0.1) is 13.8 Å². The Balaban J connectivity index is 2.21. The molecule has 2 atom stereocenters. The summed E-state index contributed by atoms with van der Waals surface area (Å²) in [5.74, 6) is 0.340. The number of piperidine rings is 1. The predicted octanol–water partition coefficient (Wildman–Crippen LogP) is 0.783. The molecule has 1 aliphatic heterocycles. The van der Waals surface area contributed by atoms with Crippen LogP contribution in [0.5, 0.6) is 0 Å². The molecule has 0 aliphatic carbocycles. The number of benzene rings is 1. The molecule has 3 rings (SSSR count). The van der Waals surface area contributed by atoms with Crippen molar-refractivity contribution in [1.82, 2.24) is 14.9 Å². The van der Waals surface area contributed by atoms with Gasteiger partial charge in [0.05, 0.1) is 16.9 Å². The van der Waals surface area contributed by atoms with Crippen LogP contribution in [0.15, 0.2) is 23.0 Å². The van der Waals surface area contributed by atoms with Crippen molar-refractivity contribution in [2.24, 2.45) is 0 Å². The first kappa shape index (κ1) is 13.8. The molecule has 1 saturated heterocycles. The summed E-state index contributed by atoms with van der Waals surface area (Å²) >= 11 is 0. The third-order valence-corrected chi connectivity index (χ3v) is 3.99. The largest absolute Gasteiger partial charge is 0.372 e. The van der Waals surface area contributed by atoms with Gasteiger partial charge in [-0.25, -0.2) is 4.98 Å². The standard InChI is InChI=1S/C15H17N3O3/c1-8-4-3-5-10-13(8)15(21)18(9(2)16-10)11-6-7-12(19)17-14(11)20/h3-5,11,14,20H,6-7H2,1-2H3,(H,17,19). The van der Waals surface area contributed by atoms with Crippen LogP contribution in [0.4, 0.5) is 0 Å². The summed E-state index contributed by atoms with van der Waals surface area (Å²) in [7, 11) is 0. The second kappa shape index (κ2) is 4.96. The van der Waals surface area contributed by atoms with Crippen molar-refractivity contribution < 1.29 is 9.90 Å². The number of carbonyl (C=O) groups excluding carboxylic acids is 1. The first-order chi connectivity index (χ1) is 9.99. The topological polar surface area (TPSA) is 84.2 Å². The van der Waals surface area contributed by atoms with Gasteiger partial charge in [-0.15, -0.1) is 0 Å². The van der Waals surface area contributed by atoms with Crippen molar-refractivity contribution in [2.75, 3.05) is 0 Å². The highest BCUT2D eigenvalue weighted by atomic mass is 16.3. The first-order valence-electron chi connectivity index (χ1n) is 6.95. The number of nitrogens with zero attached hydrogens (tertiary/aromatic N) is 2. The summed E-state index contributed by atoms with van der Waals surface area (Å²) in [6.45, 7) is 3.61. The molecule has 2 aromatic rings. The zero-order valence-corrected chi connectivity index (χ0v) is 12.0. The van der Waals surface area contributed by atoms with Crippen LogP contribution in [-0.4, -0.2) is 26.8 Å². The van der Waals surface area contributed by atoms with Crippen molar-refractivity contribution in [2.45, 2.75) is 39.0 Å². The van der Waals surface area contributed by atoms with E-state index in [1.807, 2.05) is 19.1 Å². The van der Waals surface area contributed by atoms with Crippen molar-refractivity contribution in [3.63, 3.8) is 0 Å². The summed E-state index contributed by atoms with van der Waals surface area (Å²) in [4.78, 5) is 28.6. The number of aliphatic hydroxyl groups is 1. The van der Waals surface area contributed by atoms with Crippen LogP contribution in [0.1, 0.15) is 30.3 Å². The highest BCUT2D eigenvalue weighted by Gasteiger charge is 2.30. The van der Waals surface area contributed by atoms with Gasteiger partial charge in [0.15, 0.2) is 0 Å². The summed E-state index contributed by atoms with van der Waals surface area (Å²) in [5.41, 5.74) is 1.34. The summed E-state index contributed by atoms with van der Waals surface area (Å²) < 4.78 is 1.50. The van der Waals surface area contributed by atoms with Crippen LogP contribution in [0.25, 0.3) is 10.9 Å². The number of hydrogen-bond donors (Lipinski definition) is 2. The minimum Gasteiger partial charge on any atom is -0.372 e. The molecule has 0 spiro atoms. The van der Waals surface area contributed by atoms with Crippen molar-refractivity contribution in [1.29, 1.82) is 0 Å². The molecule has 1 aromatic carbocycles. The van der Waals surface area contributed by atoms with Gasteiger partial charge in [-0.05, 0) is 31.9 Å². The number of rotatable bonds is 1. The van der Waals surface area contributed by atoms with E-state index in [9.17, 15) is 14.7 Å². The second-order valence-electron chi connectivity index (χ2n) is 5.42. The number of nitrogens with one attached hydrogen (secondary N) is 1. The molecule has 2 unspecified atom stereocenters. The molecule has 0 saturated carbocycles. The van der Waals surface area contributed by atoms with Crippen molar-refractivity contribution in [3.8, 4) is 0 Å². The predicted molar refractivity (Wildman–Crippen MR) is 77.9 cm³/mol. The average Bonchev–Trinajstić information content (AvgIpc) is 2.40. The minimum absolute atomic E-state index is 0.171. The zero-order chi connectivity index (χ0) is 15.1. The van der Waals surface area contributed by atoms with Gasteiger partial charge in [0.25, 0.3) is 5.56 Å². The fourth-order valence-corrected chi connectivity index (χ4v) is 2.95. The van der Waals surface area contributed by atoms with E-state index in [0.717, 1.165) is 5.56 Å². The molecule has 0 radical (unpaired) electrons. The van der Waals surface area contributed by atoms with E-state index in [0.29, 0.717) is 29.6 Å². The fraction of sp³-hybridized carbons (Fsp3) is 0.400. The van der Waals surface area contributed by atoms with Crippen molar-refractivity contribution in [3.05, 3.63) is 39.9 Å². The SMILES string of the molecule is Cc1cccc2nc(C)n(C3CCC(=O)NC3O)c(=O)c12. The van der Waals surface area contributed by atoms with Gasteiger partial charge in [0.1, 0.15) is 12.1 Å². The summed E-state index contributed by atoms with van der Waals surface area (Å²) in [5, 5.41) is 13.1. The number of aryl methyl sites for hydroxylation is 2. The maximum absolute atomic E-state index is 12.8. The van der Waals surface area contributed by atoms with Gasteiger partial charge in [-0.1, -0.05) is 12.1 Å². The molecule has 1 fully saturated rings. The van der Waals surface area contributed by atoms with Gasteiger partial charge in [0, 0.05) is 6.42 Å². The molecule has 2 heterocycles. The van der Waals surface area contributed by atoms with E-state index in [4.69, 9.17) is 0 Å². The van der Waals surface area contributed by atoms with Crippen LogP contribution < -0.4 is 10.9 Å². The quantitative estimate of drug-likeness (QED) is 0.812. The maximum Gasteiger partial charge on any atom is 0.262 e. The van der Waals surface area contributed by atoms with Gasteiger partial charge in [-0.3, -0.25) is 14.2 Å². The lowest BCUT2D eigenvalue weighted by Gasteiger charge is -2.30. The van der Waals surface area contributed by atoms with E-state index < -0.39 is 12.3 Å². The Morgan fingerprint density at radius 1 is 1.33 bits per heavy atom. The smallest absolute Gasteiger partial charge is 0.262 e. The lowest BCUT2D eigenvalue weighted by Crippen LogP contribution is -2.48. The van der Waals surface area contributed by atoms with Crippen LogP contribution in [0.2, 0.25) is 0 Å². The van der Waals surface area contributed by atoms with E-state index in [1.54, 1.807) is 13.0 Å². The van der Waals surface area contributed by atoms with Crippen LogP contribution >= 0.6 is 0 Å². The summed E-state index contributed by atoms with van der Waals surface area (Å²) in [6.07, 6.45) is -0.349. The Hall–Kier alpha value is -2.21. The van der Waals surface area contributed by atoms with Gasteiger partial charge >= 0.3 is 0 Å². The van der Waals surface area contributed by atoms with Gasteiger partial charge in [-0.2, -0.15) is 0 Å². The zero-order valence-electron chi connectivity index (χ0n) is 12.0. The third kappa shape index (κ3) is 2.21. The molecule has 110 valence electrons. The van der Waals surface area contributed by atoms with Crippen LogP contribution in [0.3, 0.4) is 0 Å². The number of aromatic nitrogens is 2. The molecule has 21 heavy (non-hydrogen) atoms. The lowest BCUT2D eigenvalue weighted by atomic mass is 10.0. The highest BCUT2D eigenvalue weighted by Crippen LogP contribution is 2.23. The Bertz CT molecular complexity index is 782. The molecule has 2 N–H and O–H groups in total. The molecule has 6 heteroatoms. The second-order valence-corrected chi connectivity index (χ2v) is 5.42. The Morgan fingerprint density at radius 2 is 2.10 bits per heavy atom. The van der Waals surface area contributed by atoms with E-state index in [-0.39, 0.29) is 11.5 Å². The normalized spacial score (nSPS) is 22.3. The minimum atomic E-state index is -1.06. The summed E-state index contributed by atoms with van der Waals surface area (Å²) in [6, 6.07) is 5.06. The van der Waals surface area contributed by atoms with Crippen molar-refractivity contribution >= 4 is 16.8 Å².